The number of benzene rings is 4. The summed E-state index contributed by atoms with van der Waals surface area (Å²) in [4.78, 5) is 29.2. The maximum Gasteiger partial charge on any atom is 0.281 e. The van der Waals surface area contributed by atoms with Crippen molar-refractivity contribution in [3.05, 3.63) is 120 Å². The molecule has 0 spiro atoms. The molecule has 0 saturated heterocycles. The van der Waals surface area contributed by atoms with Gasteiger partial charge in [0.2, 0.25) is 0 Å². The zero-order valence-corrected chi connectivity index (χ0v) is 20.8. The number of carbonyl (C=O) groups excluding carboxylic acids is 2. The van der Waals surface area contributed by atoms with Crippen molar-refractivity contribution in [3.8, 4) is 34.0 Å². The Morgan fingerprint density at radius 2 is 1.08 bits per heavy atom. The molecule has 5 rings (SSSR count). The normalized spacial score (nSPS) is 10.6. The molecule has 0 atom stereocenters. The second-order valence-electron chi connectivity index (χ2n) is 8.29. The van der Waals surface area contributed by atoms with Gasteiger partial charge in [-0.05, 0) is 53.7 Å². The molecule has 8 nitrogen and oxygen atoms in total. The Kier molecular flexibility index (Phi) is 6.95. The van der Waals surface area contributed by atoms with Crippen molar-refractivity contribution in [1.29, 1.82) is 0 Å². The lowest BCUT2D eigenvalue weighted by atomic mass is 10.0. The van der Waals surface area contributed by atoms with Crippen LogP contribution in [0.1, 0.15) is 20.7 Å². The summed E-state index contributed by atoms with van der Waals surface area (Å²) in [5, 5.41) is 9.75. The van der Waals surface area contributed by atoms with E-state index in [9.17, 15) is 9.59 Å². The van der Waals surface area contributed by atoms with Gasteiger partial charge in [0.05, 0.1) is 14.2 Å². The van der Waals surface area contributed by atoms with Crippen LogP contribution in [-0.4, -0.2) is 41.1 Å². The van der Waals surface area contributed by atoms with Crippen LogP contribution in [0, 0.1) is 0 Å². The lowest BCUT2D eigenvalue weighted by molar-refractivity contribution is 0.0849. The zero-order valence-electron chi connectivity index (χ0n) is 20.8. The molecule has 8 heteroatoms. The van der Waals surface area contributed by atoms with Crippen LogP contribution < -0.4 is 14.5 Å². The van der Waals surface area contributed by atoms with Crippen LogP contribution in [0.2, 0.25) is 0 Å². The second-order valence-corrected chi connectivity index (χ2v) is 8.29. The summed E-state index contributed by atoms with van der Waals surface area (Å²) in [6.07, 6.45) is 0. The van der Waals surface area contributed by atoms with Gasteiger partial charge in [-0.15, -0.1) is 9.89 Å². The Bertz CT molecular complexity index is 1490. The molecule has 0 aliphatic heterocycles. The van der Waals surface area contributed by atoms with Gasteiger partial charge in [0.15, 0.2) is 0 Å². The van der Waals surface area contributed by atoms with Crippen molar-refractivity contribution in [2.75, 3.05) is 19.2 Å². The molecule has 4 aromatic carbocycles. The van der Waals surface area contributed by atoms with Gasteiger partial charge in [-0.25, -0.2) is 0 Å². The predicted octanol–water partition coefficient (Wildman–Crippen LogP) is 5.25. The van der Waals surface area contributed by atoms with Gasteiger partial charge in [-0.2, -0.15) is 5.01 Å². The van der Waals surface area contributed by atoms with Gasteiger partial charge in [0, 0.05) is 22.3 Å². The molecule has 38 heavy (non-hydrogen) atoms. The smallest absolute Gasteiger partial charge is 0.281 e. The van der Waals surface area contributed by atoms with Crippen LogP contribution in [0.15, 0.2) is 109 Å². The van der Waals surface area contributed by atoms with E-state index < -0.39 is 11.8 Å². The van der Waals surface area contributed by atoms with Gasteiger partial charge < -0.3 is 9.47 Å². The Hall–Kier alpha value is -5.24. The molecule has 2 amide bonds. The Balaban J connectivity index is 1.70. The molecule has 1 heterocycles. The summed E-state index contributed by atoms with van der Waals surface area (Å²) in [6, 6.07) is 32.0. The molecule has 5 aromatic rings. The first-order valence-corrected chi connectivity index (χ1v) is 11.8. The number of imide groups is 1. The van der Waals surface area contributed by atoms with Crippen molar-refractivity contribution in [2.45, 2.75) is 0 Å². The number of methoxy groups -OCH3 is 2. The fraction of sp³-hybridized carbons (Fsp3) is 0.0667. The highest BCUT2D eigenvalue weighted by Crippen LogP contribution is 2.31. The van der Waals surface area contributed by atoms with E-state index in [0.29, 0.717) is 22.9 Å². The van der Waals surface area contributed by atoms with Crippen molar-refractivity contribution in [3.63, 3.8) is 0 Å². The van der Waals surface area contributed by atoms with E-state index in [1.54, 1.807) is 62.8 Å². The number of nitrogens with zero attached hydrogens (tertiary/aromatic N) is 4. The summed E-state index contributed by atoms with van der Waals surface area (Å²) >= 11 is 0. The van der Waals surface area contributed by atoms with Crippen molar-refractivity contribution >= 4 is 11.8 Å². The topological polar surface area (TPSA) is 86.5 Å². The molecule has 0 bridgehead atoms. The van der Waals surface area contributed by atoms with E-state index >= 15 is 0 Å². The third-order valence-corrected chi connectivity index (χ3v) is 6.00. The SMILES string of the molecule is COc1ccc(C(=O)N(C(=O)c2ccc(OC)cc2)n2nnc(-c3ccccc3)c2-c2ccccc2)cc1. The monoisotopic (exact) mass is 504 g/mol. The second kappa shape index (κ2) is 10.8. The van der Waals surface area contributed by atoms with E-state index in [2.05, 4.69) is 10.3 Å². The Morgan fingerprint density at radius 3 is 1.53 bits per heavy atom. The van der Waals surface area contributed by atoms with Crippen LogP contribution >= 0.6 is 0 Å². The highest BCUT2D eigenvalue weighted by Gasteiger charge is 2.31. The molecule has 1 aromatic heterocycles. The number of amides is 2. The number of rotatable bonds is 7. The molecule has 188 valence electrons. The summed E-state index contributed by atoms with van der Waals surface area (Å²) in [7, 11) is 3.09. The summed E-state index contributed by atoms with van der Waals surface area (Å²) in [6.45, 7) is 0. The van der Waals surface area contributed by atoms with Crippen LogP contribution in [0.3, 0.4) is 0 Å². The number of ether oxygens (including phenoxy) is 2. The number of aromatic nitrogens is 3. The largest absolute Gasteiger partial charge is 0.497 e. The van der Waals surface area contributed by atoms with Gasteiger partial charge in [-0.3, -0.25) is 9.59 Å². The maximum atomic E-state index is 14.0. The Morgan fingerprint density at radius 1 is 0.632 bits per heavy atom. The average Bonchev–Trinajstić information content (AvgIpc) is 3.42. The third kappa shape index (κ3) is 4.75. The molecular weight excluding hydrogens is 480 g/mol. The molecule has 0 N–H and O–H groups in total. The standard InChI is InChI=1S/C30H24N4O4/c1-37-25-17-13-23(14-18-25)29(35)33(30(36)24-15-19-26(38-2)20-16-24)34-28(22-11-7-4-8-12-22)27(31-32-34)21-9-5-3-6-10-21/h3-20H,1-2H3. The minimum absolute atomic E-state index is 0.281. The minimum Gasteiger partial charge on any atom is -0.497 e. The highest BCUT2D eigenvalue weighted by atomic mass is 16.5. The highest BCUT2D eigenvalue weighted by molar-refractivity contribution is 6.21. The lowest BCUT2D eigenvalue weighted by Crippen LogP contribution is -2.46. The van der Waals surface area contributed by atoms with Crippen LogP contribution in [0.4, 0.5) is 0 Å². The number of hydrogen-bond donors (Lipinski definition) is 0. The first-order chi connectivity index (χ1) is 18.6. The summed E-state index contributed by atoms with van der Waals surface area (Å²) in [5.41, 5.74) is 3.14. The van der Waals surface area contributed by atoms with Crippen LogP contribution in [0.5, 0.6) is 11.5 Å². The fourth-order valence-electron chi connectivity index (χ4n) is 4.03. The van der Waals surface area contributed by atoms with E-state index in [1.807, 2.05) is 60.7 Å². The van der Waals surface area contributed by atoms with Crippen molar-refractivity contribution in [2.24, 2.45) is 0 Å². The zero-order chi connectivity index (χ0) is 26.5. The van der Waals surface area contributed by atoms with Gasteiger partial charge in [-0.1, -0.05) is 60.7 Å². The number of hydrogen-bond acceptors (Lipinski definition) is 6. The minimum atomic E-state index is -0.574. The molecule has 0 saturated carbocycles. The van der Waals surface area contributed by atoms with Crippen LogP contribution in [0.25, 0.3) is 22.5 Å². The average molecular weight is 505 g/mol. The molecule has 0 fully saturated rings. The fourth-order valence-corrected chi connectivity index (χ4v) is 4.03. The quantitative estimate of drug-likeness (QED) is 0.282. The van der Waals surface area contributed by atoms with E-state index in [4.69, 9.17) is 9.47 Å². The Labute approximate surface area is 219 Å². The lowest BCUT2D eigenvalue weighted by Gasteiger charge is -2.22. The van der Waals surface area contributed by atoms with Crippen LogP contribution in [-0.2, 0) is 0 Å². The molecular formula is C30H24N4O4. The van der Waals surface area contributed by atoms with E-state index in [1.165, 1.54) is 4.79 Å². The number of carbonyl (C=O) groups is 2. The molecule has 0 radical (unpaired) electrons. The molecule has 0 aliphatic rings. The van der Waals surface area contributed by atoms with Crippen molar-refractivity contribution in [1.82, 2.24) is 15.1 Å². The predicted molar refractivity (Wildman–Crippen MR) is 144 cm³/mol. The first-order valence-electron chi connectivity index (χ1n) is 11.8. The summed E-state index contributed by atoms with van der Waals surface area (Å²) in [5.74, 6) is 0.0312. The van der Waals surface area contributed by atoms with E-state index in [0.717, 1.165) is 16.1 Å². The third-order valence-electron chi connectivity index (χ3n) is 6.00. The first kappa shape index (κ1) is 24.5. The van der Waals surface area contributed by atoms with Crippen molar-refractivity contribution < 1.29 is 19.1 Å². The summed E-state index contributed by atoms with van der Waals surface area (Å²) < 4.78 is 10.5. The van der Waals surface area contributed by atoms with Gasteiger partial charge in [0.25, 0.3) is 11.8 Å². The molecule has 0 unspecified atom stereocenters. The molecule has 0 aliphatic carbocycles. The van der Waals surface area contributed by atoms with E-state index in [-0.39, 0.29) is 11.1 Å². The van der Waals surface area contributed by atoms with Gasteiger partial charge in [0.1, 0.15) is 22.9 Å². The van der Waals surface area contributed by atoms with Gasteiger partial charge >= 0.3 is 0 Å². The maximum absolute atomic E-state index is 14.0.